The largest absolute Gasteiger partial charge is 0.351 e. The molecule has 1 amide bonds. The van der Waals surface area contributed by atoms with Gasteiger partial charge in [0.05, 0.1) is 0 Å². The van der Waals surface area contributed by atoms with Crippen LogP contribution < -0.4 is 11.1 Å². The molecule has 3 N–H and O–H groups in total. The first-order valence-electron chi connectivity index (χ1n) is 8.91. The van der Waals surface area contributed by atoms with E-state index in [0.29, 0.717) is 13.0 Å². The number of nitrogens with two attached hydrogens (primary N) is 1. The van der Waals surface area contributed by atoms with E-state index in [4.69, 9.17) is 5.73 Å². The van der Waals surface area contributed by atoms with Crippen molar-refractivity contribution in [3.05, 3.63) is 0 Å². The third kappa shape index (κ3) is 3.44. The molecule has 21 heavy (non-hydrogen) atoms. The zero-order chi connectivity index (χ0) is 15.1. The van der Waals surface area contributed by atoms with E-state index < -0.39 is 0 Å². The van der Waals surface area contributed by atoms with Crippen LogP contribution in [-0.4, -0.2) is 18.0 Å². The average Bonchev–Trinajstić information content (AvgIpc) is 2.34. The van der Waals surface area contributed by atoms with Crippen LogP contribution in [0.3, 0.4) is 0 Å². The topological polar surface area (TPSA) is 55.1 Å². The zero-order valence-electron chi connectivity index (χ0n) is 13.8. The van der Waals surface area contributed by atoms with Crippen molar-refractivity contribution in [1.29, 1.82) is 0 Å². The zero-order valence-corrected chi connectivity index (χ0v) is 13.8. The fourth-order valence-corrected chi connectivity index (χ4v) is 5.59. The summed E-state index contributed by atoms with van der Waals surface area (Å²) in [5.74, 6) is 2.96. The van der Waals surface area contributed by atoms with Crippen LogP contribution in [-0.2, 0) is 4.79 Å². The summed E-state index contributed by atoms with van der Waals surface area (Å²) in [7, 11) is 0. The van der Waals surface area contributed by atoms with Crippen LogP contribution in [0.25, 0.3) is 0 Å². The summed E-state index contributed by atoms with van der Waals surface area (Å²) in [6.07, 6.45) is 10.6. The Bertz CT molecular complexity index is 367. The minimum atomic E-state index is 0.170. The molecule has 0 atom stereocenters. The SMILES string of the molecule is CC(C)(CCN)CCC(=O)NC12CC3CC(CC(C3)C1)C2. The minimum Gasteiger partial charge on any atom is -0.351 e. The summed E-state index contributed by atoms with van der Waals surface area (Å²) >= 11 is 0. The smallest absolute Gasteiger partial charge is 0.220 e. The molecule has 0 aromatic rings. The van der Waals surface area contributed by atoms with E-state index in [2.05, 4.69) is 19.2 Å². The van der Waals surface area contributed by atoms with Gasteiger partial charge in [0.2, 0.25) is 5.91 Å². The number of hydrogen-bond acceptors (Lipinski definition) is 2. The van der Waals surface area contributed by atoms with Crippen molar-refractivity contribution in [2.75, 3.05) is 6.54 Å². The molecule has 0 aromatic heterocycles. The van der Waals surface area contributed by atoms with E-state index in [0.717, 1.165) is 30.6 Å². The standard InChI is InChI=1S/C18H32N2O/c1-17(2,5-6-19)4-3-16(21)20-18-10-13-7-14(11-18)9-15(8-13)12-18/h13-15H,3-12,19H2,1-2H3,(H,20,21). The highest BCUT2D eigenvalue weighted by atomic mass is 16.1. The highest BCUT2D eigenvalue weighted by Crippen LogP contribution is 2.55. The van der Waals surface area contributed by atoms with Gasteiger partial charge in [0.25, 0.3) is 0 Å². The van der Waals surface area contributed by atoms with Gasteiger partial charge in [-0.15, -0.1) is 0 Å². The monoisotopic (exact) mass is 292 g/mol. The summed E-state index contributed by atoms with van der Waals surface area (Å²) in [5, 5.41) is 3.47. The van der Waals surface area contributed by atoms with Crippen LogP contribution >= 0.6 is 0 Å². The van der Waals surface area contributed by atoms with E-state index in [-0.39, 0.29) is 16.9 Å². The molecule has 4 bridgehead atoms. The quantitative estimate of drug-likeness (QED) is 0.789. The van der Waals surface area contributed by atoms with Crippen molar-refractivity contribution in [3.8, 4) is 0 Å². The summed E-state index contributed by atoms with van der Waals surface area (Å²) in [5.41, 5.74) is 6.01. The fraction of sp³-hybridized carbons (Fsp3) is 0.944. The van der Waals surface area contributed by atoms with Gasteiger partial charge in [-0.1, -0.05) is 13.8 Å². The second-order valence-electron chi connectivity index (χ2n) is 8.95. The van der Waals surface area contributed by atoms with E-state index >= 15 is 0 Å². The highest BCUT2D eigenvalue weighted by molar-refractivity contribution is 5.77. The molecule has 4 aliphatic carbocycles. The number of amides is 1. The van der Waals surface area contributed by atoms with Crippen LogP contribution in [0.2, 0.25) is 0 Å². The van der Waals surface area contributed by atoms with E-state index in [1.165, 1.54) is 38.5 Å². The molecule has 0 aliphatic heterocycles. The molecule has 3 nitrogen and oxygen atoms in total. The molecular weight excluding hydrogens is 260 g/mol. The maximum atomic E-state index is 12.4. The maximum absolute atomic E-state index is 12.4. The average molecular weight is 292 g/mol. The molecule has 4 fully saturated rings. The second kappa shape index (κ2) is 5.57. The van der Waals surface area contributed by atoms with Crippen LogP contribution in [0.5, 0.6) is 0 Å². The van der Waals surface area contributed by atoms with Crippen LogP contribution in [0.4, 0.5) is 0 Å². The summed E-state index contributed by atoms with van der Waals surface area (Å²) in [6, 6.07) is 0. The van der Waals surface area contributed by atoms with Crippen LogP contribution in [0.1, 0.15) is 71.6 Å². The third-order valence-corrected chi connectivity index (χ3v) is 6.29. The van der Waals surface area contributed by atoms with Gasteiger partial charge in [-0.05, 0) is 81.1 Å². The van der Waals surface area contributed by atoms with Crippen LogP contribution in [0, 0.1) is 23.2 Å². The summed E-state index contributed by atoms with van der Waals surface area (Å²) in [6.45, 7) is 5.15. The van der Waals surface area contributed by atoms with Gasteiger partial charge in [-0.25, -0.2) is 0 Å². The summed E-state index contributed by atoms with van der Waals surface area (Å²) < 4.78 is 0. The van der Waals surface area contributed by atoms with Crippen LogP contribution in [0.15, 0.2) is 0 Å². The molecule has 3 heteroatoms. The molecule has 4 rings (SSSR count). The molecule has 4 saturated carbocycles. The molecule has 0 saturated heterocycles. The normalized spacial score (nSPS) is 37.8. The molecule has 0 spiro atoms. The van der Waals surface area contributed by atoms with Gasteiger partial charge in [0, 0.05) is 12.0 Å². The van der Waals surface area contributed by atoms with Gasteiger partial charge in [-0.2, -0.15) is 0 Å². The van der Waals surface area contributed by atoms with Crippen molar-refractivity contribution in [2.24, 2.45) is 28.9 Å². The minimum absolute atomic E-state index is 0.170. The fourth-order valence-electron chi connectivity index (χ4n) is 5.59. The Hall–Kier alpha value is -0.570. The molecule has 120 valence electrons. The Morgan fingerprint density at radius 3 is 2.10 bits per heavy atom. The van der Waals surface area contributed by atoms with Crippen molar-refractivity contribution < 1.29 is 4.79 Å². The number of carbonyl (C=O) groups excluding carboxylic acids is 1. The Balaban J connectivity index is 1.53. The van der Waals surface area contributed by atoms with E-state index in [1.54, 1.807) is 0 Å². The lowest BCUT2D eigenvalue weighted by molar-refractivity contribution is -0.127. The predicted molar refractivity (Wildman–Crippen MR) is 85.7 cm³/mol. The van der Waals surface area contributed by atoms with Gasteiger partial charge in [0.1, 0.15) is 0 Å². The lowest BCUT2D eigenvalue weighted by Gasteiger charge is -2.57. The van der Waals surface area contributed by atoms with Gasteiger partial charge >= 0.3 is 0 Å². The Morgan fingerprint density at radius 1 is 1.10 bits per heavy atom. The molecule has 4 aliphatic rings. The van der Waals surface area contributed by atoms with Gasteiger partial charge < -0.3 is 11.1 Å². The predicted octanol–water partition coefficient (Wildman–Crippen LogP) is 3.23. The molecular formula is C18H32N2O. The maximum Gasteiger partial charge on any atom is 0.220 e. The van der Waals surface area contributed by atoms with E-state index in [9.17, 15) is 4.79 Å². The molecule has 0 radical (unpaired) electrons. The lowest BCUT2D eigenvalue weighted by atomic mass is 9.53. The first-order valence-corrected chi connectivity index (χ1v) is 8.91. The first kappa shape index (κ1) is 15.3. The van der Waals surface area contributed by atoms with Crippen molar-refractivity contribution in [1.82, 2.24) is 5.32 Å². The molecule has 0 unspecified atom stereocenters. The lowest BCUT2D eigenvalue weighted by Crippen LogP contribution is -2.59. The van der Waals surface area contributed by atoms with Crippen molar-refractivity contribution >= 4 is 5.91 Å². The third-order valence-electron chi connectivity index (χ3n) is 6.29. The Morgan fingerprint density at radius 2 is 1.62 bits per heavy atom. The van der Waals surface area contributed by atoms with Crippen molar-refractivity contribution in [2.45, 2.75) is 77.2 Å². The molecule has 0 heterocycles. The van der Waals surface area contributed by atoms with Gasteiger partial charge in [-0.3, -0.25) is 4.79 Å². The number of carbonyl (C=O) groups is 1. The van der Waals surface area contributed by atoms with Gasteiger partial charge in [0.15, 0.2) is 0 Å². The van der Waals surface area contributed by atoms with E-state index in [1.807, 2.05) is 0 Å². The highest BCUT2D eigenvalue weighted by Gasteiger charge is 2.51. The Labute approximate surface area is 129 Å². The summed E-state index contributed by atoms with van der Waals surface area (Å²) in [4.78, 5) is 12.4. The number of rotatable bonds is 6. The first-order chi connectivity index (χ1) is 9.90. The molecule has 0 aromatic carbocycles. The number of nitrogens with one attached hydrogen (secondary N) is 1. The Kier molecular flexibility index (Phi) is 4.06. The number of hydrogen-bond donors (Lipinski definition) is 2. The van der Waals surface area contributed by atoms with Crippen molar-refractivity contribution in [3.63, 3.8) is 0 Å². The second-order valence-corrected chi connectivity index (χ2v) is 8.95.